The molecule has 1 heterocycles. The molecule has 3 nitrogen and oxygen atoms in total. The molecule has 0 radical (unpaired) electrons. The summed E-state index contributed by atoms with van der Waals surface area (Å²) in [5.41, 5.74) is 2.26. The summed E-state index contributed by atoms with van der Waals surface area (Å²) in [6.45, 7) is 4.90. The summed E-state index contributed by atoms with van der Waals surface area (Å²) in [6.07, 6.45) is 5.61. The van der Waals surface area contributed by atoms with Crippen molar-refractivity contribution in [1.82, 2.24) is 9.55 Å². The Morgan fingerprint density at radius 2 is 2.05 bits per heavy atom. The summed E-state index contributed by atoms with van der Waals surface area (Å²) >= 11 is 1.70. The van der Waals surface area contributed by atoms with Crippen LogP contribution in [-0.4, -0.2) is 21.1 Å². The van der Waals surface area contributed by atoms with Gasteiger partial charge in [0.05, 0.1) is 11.0 Å². The highest BCUT2D eigenvalue weighted by atomic mass is 32.2. The fourth-order valence-corrected chi connectivity index (χ4v) is 3.44. The van der Waals surface area contributed by atoms with E-state index >= 15 is 0 Å². The van der Waals surface area contributed by atoms with Crippen LogP contribution in [0, 0.1) is 0 Å². The fraction of sp³-hybridized carbons (Fsp3) is 0.529. The fourth-order valence-electron chi connectivity index (χ4n) is 2.36. The Bertz CT molecular complexity index is 591. The number of carbonyl (C=O) groups is 1. The van der Waals surface area contributed by atoms with Crippen molar-refractivity contribution < 1.29 is 4.79 Å². The molecule has 1 aromatic heterocycles. The molecule has 0 bridgehead atoms. The zero-order chi connectivity index (χ0) is 15.1. The van der Waals surface area contributed by atoms with Gasteiger partial charge in [0.15, 0.2) is 5.16 Å². The Morgan fingerprint density at radius 3 is 2.81 bits per heavy atom. The van der Waals surface area contributed by atoms with E-state index in [1.807, 2.05) is 6.07 Å². The minimum Gasteiger partial charge on any atom is -0.319 e. The molecule has 21 heavy (non-hydrogen) atoms. The minimum atomic E-state index is 0.244. The van der Waals surface area contributed by atoms with Gasteiger partial charge in [-0.2, -0.15) is 0 Å². The number of hydrogen-bond acceptors (Lipinski definition) is 3. The minimum absolute atomic E-state index is 0.244. The summed E-state index contributed by atoms with van der Waals surface area (Å²) in [6, 6.07) is 8.29. The van der Waals surface area contributed by atoms with Gasteiger partial charge in [0.25, 0.3) is 0 Å². The van der Waals surface area contributed by atoms with Gasteiger partial charge in [0, 0.05) is 18.7 Å². The Labute approximate surface area is 131 Å². The maximum atomic E-state index is 11.1. The van der Waals surface area contributed by atoms with Crippen molar-refractivity contribution in [3.05, 3.63) is 24.3 Å². The van der Waals surface area contributed by atoms with E-state index in [1.165, 1.54) is 31.2 Å². The van der Waals surface area contributed by atoms with Crippen molar-refractivity contribution in [3.63, 3.8) is 0 Å². The Morgan fingerprint density at radius 1 is 1.24 bits per heavy atom. The van der Waals surface area contributed by atoms with Gasteiger partial charge in [-0.05, 0) is 25.5 Å². The summed E-state index contributed by atoms with van der Waals surface area (Å²) < 4.78 is 2.32. The van der Waals surface area contributed by atoms with Crippen LogP contribution >= 0.6 is 11.8 Å². The lowest BCUT2D eigenvalue weighted by atomic mass is 10.2. The molecule has 0 unspecified atom stereocenters. The number of thioether (sulfide) groups is 1. The number of rotatable bonds is 9. The van der Waals surface area contributed by atoms with Gasteiger partial charge in [-0.1, -0.05) is 50.1 Å². The average molecular weight is 304 g/mol. The first-order valence-electron chi connectivity index (χ1n) is 7.80. The van der Waals surface area contributed by atoms with Gasteiger partial charge in [-0.25, -0.2) is 4.98 Å². The first-order valence-corrected chi connectivity index (χ1v) is 8.78. The van der Waals surface area contributed by atoms with E-state index in [0.717, 1.165) is 23.0 Å². The number of imidazole rings is 1. The molecule has 2 aromatic rings. The van der Waals surface area contributed by atoms with E-state index < -0.39 is 0 Å². The number of nitrogens with zero attached hydrogens (tertiary/aromatic N) is 2. The third-order valence-electron chi connectivity index (χ3n) is 3.54. The van der Waals surface area contributed by atoms with E-state index in [1.54, 1.807) is 18.7 Å². The molecule has 2 rings (SSSR count). The normalized spacial score (nSPS) is 11.1. The van der Waals surface area contributed by atoms with Crippen molar-refractivity contribution in [1.29, 1.82) is 0 Å². The number of unbranched alkanes of at least 4 members (excludes halogenated alkanes) is 3. The quantitative estimate of drug-likeness (QED) is 0.498. The van der Waals surface area contributed by atoms with Crippen LogP contribution < -0.4 is 0 Å². The lowest BCUT2D eigenvalue weighted by molar-refractivity contribution is -0.116. The molecule has 0 fully saturated rings. The van der Waals surface area contributed by atoms with Crippen molar-refractivity contribution in [2.45, 2.75) is 57.7 Å². The van der Waals surface area contributed by atoms with Gasteiger partial charge in [-0.3, -0.25) is 4.79 Å². The molecule has 114 valence electrons. The predicted molar refractivity (Wildman–Crippen MR) is 89.9 cm³/mol. The molecule has 0 atom stereocenters. The van der Waals surface area contributed by atoms with Gasteiger partial charge < -0.3 is 4.57 Å². The third kappa shape index (κ3) is 4.60. The number of hydrogen-bond donors (Lipinski definition) is 0. The van der Waals surface area contributed by atoms with E-state index in [9.17, 15) is 4.79 Å². The average Bonchev–Trinajstić information content (AvgIpc) is 2.81. The van der Waals surface area contributed by atoms with Crippen molar-refractivity contribution >= 4 is 28.6 Å². The molecule has 0 amide bonds. The number of Topliss-reactive ketones (excluding diaryl/α,β-unsaturated/α-hetero) is 1. The van der Waals surface area contributed by atoms with Crippen LogP contribution in [0.2, 0.25) is 0 Å². The lowest BCUT2D eigenvalue weighted by Crippen LogP contribution is -2.01. The van der Waals surface area contributed by atoms with Crippen LogP contribution in [0.3, 0.4) is 0 Å². The Hall–Kier alpha value is -1.29. The highest BCUT2D eigenvalue weighted by Gasteiger charge is 2.10. The topological polar surface area (TPSA) is 34.9 Å². The first-order chi connectivity index (χ1) is 10.2. The van der Waals surface area contributed by atoms with Gasteiger partial charge in [0.2, 0.25) is 0 Å². The summed E-state index contributed by atoms with van der Waals surface area (Å²) in [5, 5.41) is 1.05. The lowest BCUT2D eigenvalue weighted by Gasteiger charge is -2.08. The van der Waals surface area contributed by atoms with Crippen molar-refractivity contribution in [2.75, 3.05) is 5.75 Å². The van der Waals surface area contributed by atoms with Crippen molar-refractivity contribution in [2.24, 2.45) is 0 Å². The van der Waals surface area contributed by atoms with E-state index in [2.05, 4.69) is 29.7 Å². The second-order valence-electron chi connectivity index (χ2n) is 5.40. The maximum Gasteiger partial charge on any atom is 0.169 e. The zero-order valence-corrected chi connectivity index (χ0v) is 13.8. The summed E-state index contributed by atoms with van der Waals surface area (Å²) in [4.78, 5) is 15.8. The van der Waals surface area contributed by atoms with Crippen LogP contribution in [0.4, 0.5) is 0 Å². The highest BCUT2D eigenvalue weighted by Crippen LogP contribution is 2.25. The highest BCUT2D eigenvalue weighted by molar-refractivity contribution is 7.99. The standard InChI is InChI=1S/C17H24N2OS/c1-3-4-5-8-12-19-16-10-7-6-9-15(16)18-17(19)21-13-11-14(2)20/h6-7,9-10H,3-5,8,11-13H2,1-2H3. The number of carbonyl (C=O) groups excluding carboxylic acids is 1. The van der Waals surface area contributed by atoms with Crippen LogP contribution in [-0.2, 0) is 11.3 Å². The molecular formula is C17H24N2OS. The van der Waals surface area contributed by atoms with E-state index in [0.29, 0.717) is 6.42 Å². The smallest absolute Gasteiger partial charge is 0.169 e. The van der Waals surface area contributed by atoms with Gasteiger partial charge in [-0.15, -0.1) is 0 Å². The number of ketones is 1. The molecule has 0 aliphatic carbocycles. The predicted octanol–water partition coefficient (Wildman–Crippen LogP) is 4.69. The molecule has 0 saturated heterocycles. The van der Waals surface area contributed by atoms with Crippen LogP contribution in [0.5, 0.6) is 0 Å². The van der Waals surface area contributed by atoms with Crippen molar-refractivity contribution in [3.8, 4) is 0 Å². The SMILES string of the molecule is CCCCCCn1c(SCCC(C)=O)nc2ccccc21. The Balaban J connectivity index is 2.11. The number of fused-ring (bicyclic) bond motifs is 1. The first kappa shape index (κ1) is 16.1. The molecule has 0 aliphatic rings. The molecule has 0 saturated carbocycles. The third-order valence-corrected chi connectivity index (χ3v) is 4.52. The molecule has 0 aliphatic heterocycles. The molecule has 0 N–H and O–H groups in total. The summed E-state index contributed by atoms with van der Waals surface area (Å²) in [5.74, 6) is 1.06. The molecular weight excluding hydrogens is 280 g/mol. The number of aromatic nitrogens is 2. The van der Waals surface area contributed by atoms with Crippen LogP contribution in [0.15, 0.2) is 29.4 Å². The maximum absolute atomic E-state index is 11.1. The molecule has 4 heteroatoms. The van der Waals surface area contributed by atoms with E-state index in [-0.39, 0.29) is 5.78 Å². The van der Waals surface area contributed by atoms with Crippen LogP contribution in [0.1, 0.15) is 46.0 Å². The number of aryl methyl sites for hydroxylation is 1. The van der Waals surface area contributed by atoms with Gasteiger partial charge >= 0.3 is 0 Å². The second-order valence-corrected chi connectivity index (χ2v) is 6.46. The molecule has 1 aromatic carbocycles. The molecule has 0 spiro atoms. The van der Waals surface area contributed by atoms with Crippen LogP contribution in [0.25, 0.3) is 11.0 Å². The number of benzene rings is 1. The monoisotopic (exact) mass is 304 g/mol. The van der Waals surface area contributed by atoms with Gasteiger partial charge in [0.1, 0.15) is 5.78 Å². The number of para-hydroxylation sites is 2. The summed E-state index contributed by atoms with van der Waals surface area (Å²) in [7, 11) is 0. The van der Waals surface area contributed by atoms with E-state index in [4.69, 9.17) is 4.98 Å². The Kier molecular flexibility index (Phi) is 6.30. The zero-order valence-electron chi connectivity index (χ0n) is 13.0. The second kappa shape index (κ2) is 8.23. The largest absolute Gasteiger partial charge is 0.319 e.